The highest BCUT2D eigenvalue weighted by Crippen LogP contribution is 2.09. The lowest BCUT2D eigenvalue weighted by molar-refractivity contribution is -0.389. The maximum absolute atomic E-state index is 12.3. The van der Waals surface area contributed by atoms with E-state index in [1.165, 1.54) is 21.4 Å². The fourth-order valence-corrected chi connectivity index (χ4v) is 2.20. The van der Waals surface area contributed by atoms with Crippen molar-refractivity contribution in [2.75, 3.05) is 0 Å². The Balaban J connectivity index is 1.95. The monoisotopic (exact) mass is 312 g/mol. The minimum Gasteiger partial charge on any atom is -0.358 e. The molecule has 3 aromatic rings. The van der Waals surface area contributed by atoms with Crippen LogP contribution >= 0.6 is 0 Å². The average molecular weight is 312 g/mol. The molecule has 2 aromatic heterocycles. The van der Waals surface area contributed by atoms with Crippen LogP contribution in [0.4, 0.5) is 5.82 Å². The highest BCUT2D eigenvalue weighted by atomic mass is 16.6. The summed E-state index contributed by atoms with van der Waals surface area (Å²) < 4.78 is 2.46. The number of ketones is 1. The molecule has 116 valence electrons. The van der Waals surface area contributed by atoms with E-state index < -0.39 is 16.3 Å². The molecule has 1 aromatic carbocycles. The number of aromatic nitrogens is 3. The molecule has 0 saturated carbocycles. The van der Waals surface area contributed by atoms with E-state index >= 15 is 0 Å². The second kappa shape index (κ2) is 5.48. The first-order valence-electron chi connectivity index (χ1n) is 6.78. The predicted molar refractivity (Wildman–Crippen MR) is 81.6 cm³/mol. The maximum Gasteiger partial charge on any atom is 0.382 e. The summed E-state index contributed by atoms with van der Waals surface area (Å²) in [6.45, 7) is 1.76. The second-order valence-corrected chi connectivity index (χ2v) is 5.11. The Morgan fingerprint density at radius 1 is 1.26 bits per heavy atom. The van der Waals surface area contributed by atoms with Crippen LogP contribution < -0.4 is 5.56 Å². The summed E-state index contributed by atoms with van der Waals surface area (Å²) in [6.07, 6.45) is 4.02. The minimum atomic E-state index is -0.672. The van der Waals surface area contributed by atoms with Gasteiger partial charge in [-0.05, 0) is 16.8 Å². The third-order valence-corrected chi connectivity index (χ3v) is 3.45. The SMILES string of the molecule is Cc1ccc(C(=O)Cn2ccn3cc([N+](=O)[O-])nc3c2=O)cc1. The molecule has 0 spiro atoms. The molecule has 0 saturated heterocycles. The number of carbonyl (C=O) groups excluding carboxylic acids is 1. The van der Waals surface area contributed by atoms with Crippen molar-refractivity contribution in [1.29, 1.82) is 0 Å². The highest BCUT2D eigenvalue weighted by Gasteiger charge is 2.18. The first-order valence-corrected chi connectivity index (χ1v) is 6.78. The molecule has 0 aliphatic carbocycles. The van der Waals surface area contributed by atoms with E-state index in [1.807, 2.05) is 19.1 Å². The van der Waals surface area contributed by atoms with Crippen LogP contribution in [-0.4, -0.2) is 24.7 Å². The van der Waals surface area contributed by atoms with E-state index in [0.717, 1.165) is 11.8 Å². The number of fused-ring (bicyclic) bond motifs is 1. The van der Waals surface area contributed by atoms with Gasteiger partial charge in [0, 0.05) is 18.0 Å². The number of imidazole rings is 1. The zero-order chi connectivity index (χ0) is 16.6. The number of hydrogen-bond donors (Lipinski definition) is 0. The van der Waals surface area contributed by atoms with Gasteiger partial charge in [-0.3, -0.25) is 14.0 Å². The number of carbonyl (C=O) groups is 1. The molecule has 0 bridgehead atoms. The molecule has 0 N–H and O–H groups in total. The van der Waals surface area contributed by atoms with Crippen LogP contribution in [0.5, 0.6) is 0 Å². The number of benzene rings is 1. The lowest BCUT2D eigenvalue weighted by atomic mass is 10.1. The fourth-order valence-electron chi connectivity index (χ4n) is 2.20. The van der Waals surface area contributed by atoms with Gasteiger partial charge in [0.15, 0.2) is 5.78 Å². The van der Waals surface area contributed by atoms with Gasteiger partial charge in [0.1, 0.15) is 6.20 Å². The summed E-state index contributed by atoms with van der Waals surface area (Å²) >= 11 is 0. The summed E-state index contributed by atoms with van der Waals surface area (Å²) in [5, 5.41) is 10.7. The number of nitrogens with zero attached hydrogens (tertiary/aromatic N) is 4. The standard InChI is InChI=1S/C15H12N4O4/c1-10-2-4-11(5-3-10)12(20)8-18-7-6-17-9-13(19(22)23)16-14(17)15(18)21/h2-7,9H,8H2,1H3. The molecule has 0 atom stereocenters. The normalized spacial score (nSPS) is 10.8. The van der Waals surface area contributed by atoms with Gasteiger partial charge in [0.25, 0.3) is 0 Å². The van der Waals surface area contributed by atoms with E-state index in [9.17, 15) is 19.7 Å². The molecule has 2 heterocycles. The first kappa shape index (κ1) is 14.6. The highest BCUT2D eigenvalue weighted by molar-refractivity contribution is 5.95. The molecule has 8 heteroatoms. The number of aryl methyl sites for hydroxylation is 1. The Labute approximate surface area is 129 Å². The third kappa shape index (κ3) is 2.73. The van der Waals surface area contributed by atoms with Crippen molar-refractivity contribution < 1.29 is 9.72 Å². The summed E-state index contributed by atoms with van der Waals surface area (Å²) in [7, 11) is 0. The Morgan fingerprint density at radius 3 is 2.61 bits per heavy atom. The number of nitro groups is 1. The van der Waals surface area contributed by atoms with Crippen molar-refractivity contribution in [3.63, 3.8) is 0 Å². The van der Waals surface area contributed by atoms with Crippen molar-refractivity contribution >= 4 is 17.2 Å². The molecule has 0 unspecified atom stereocenters. The van der Waals surface area contributed by atoms with Gasteiger partial charge in [-0.1, -0.05) is 29.8 Å². The van der Waals surface area contributed by atoms with E-state index in [-0.39, 0.29) is 18.0 Å². The Kier molecular flexibility index (Phi) is 3.49. The average Bonchev–Trinajstić information content (AvgIpc) is 2.96. The maximum atomic E-state index is 12.3. The number of hydrogen-bond acceptors (Lipinski definition) is 5. The van der Waals surface area contributed by atoms with Crippen LogP contribution in [0.15, 0.2) is 47.7 Å². The van der Waals surface area contributed by atoms with Gasteiger partial charge in [-0.2, -0.15) is 0 Å². The zero-order valence-electron chi connectivity index (χ0n) is 12.2. The van der Waals surface area contributed by atoms with Crippen molar-refractivity contribution in [3.05, 3.63) is 74.5 Å². The van der Waals surface area contributed by atoms with Crippen molar-refractivity contribution in [2.45, 2.75) is 13.5 Å². The van der Waals surface area contributed by atoms with Crippen LogP contribution in [0.25, 0.3) is 5.65 Å². The van der Waals surface area contributed by atoms with Gasteiger partial charge < -0.3 is 14.7 Å². The Hall–Kier alpha value is -3.29. The molecular weight excluding hydrogens is 300 g/mol. The van der Waals surface area contributed by atoms with Crippen LogP contribution in [-0.2, 0) is 6.54 Å². The number of rotatable bonds is 4. The smallest absolute Gasteiger partial charge is 0.358 e. The van der Waals surface area contributed by atoms with E-state index in [4.69, 9.17) is 0 Å². The molecular formula is C15H12N4O4. The molecule has 8 nitrogen and oxygen atoms in total. The van der Waals surface area contributed by atoms with Crippen molar-refractivity contribution in [1.82, 2.24) is 14.0 Å². The topological polar surface area (TPSA) is 99.5 Å². The van der Waals surface area contributed by atoms with Crippen LogP contribution in [0.1, 0.15) is 15.9 Å². The summed E-state index contributed by atoms with van der Waals surface area (Å²) in [6, 6.07) is 7.03. The predicted octanol–water partition coefficient (Wildman–Crippen LogP) is 1.60. The van der Waals surface area contributed by atoms with Gasteiger partial charge in [0.05, 0.1) is 6.54 Å². The van der Waals surface area contributed by atoms with Crippen LogP contribution in [0, 0.1) is 17.0 Å². The molecule has 23 heavy (non-hydrogen) atoms. The summed E-state index contributed by atoms with van der Waals surface area (Å²) in [5.41, 5.74) is 0.887. The largest absolute Gasteiger partial charge is 0.382 e. The van der Waals surface area contributed by atoms with E-state index in [1.54, 1.807) is 12.1 Å². The van der Waals surface area contributed by atoms with Crippen molar-refractivity contribution in [2.24, 2.45) is 0 Å². The summed E-state index contributed by atoms with van der Waals surface area (Å²) in [4.78, 5) is 38.3. The van der Waals surface area contributed by atoms with Crippen LogP contribution in [0.2, 0.25) is 0 Å². The lowest BCUT2D eigenvalue weighted by Gasteiger charge is -2.04. The summed E-state index contributed by atoms with van der Waals surface area (Å²) in [5.74, 6) is -0.637. The molecule has 0 aliphatic rings. The third-order valence-electron chi connectivity index (χ3n) is 3.45. The molecule has 3 rings (SSSR count). The fraction of sp³-hybridized carbons (Fsp3) is 0.133. The Morgan fingerprint density at radius 2 is 1.96 bits per heavy atom. The van der Waals surface area contributed by atoms with Gasteiger partial charge in [0.2, 0.25) is 0 Å². The Bertz CT molecular complexity index is 969. The van der Waals surface area contributed by atoms with Crippen LogP contribution in [0.3, 0.4) is 0 Å². The van der Waals surface area contributed by atoms with Gasteiger partial charge >= 0.3 is 17.0 Å². The molecule has 0 radical (unpaired) electrons. The van der Waals surface area contributed by atoms with E-state index in [0.29, 0.717) is 5.56 Å². The van der Waals surface area contributed by atoms with Gasteiger partial charge in [-0.25, -0.2) is 0 Å². The number of Topliss-reactive ketones (excluding diaryl/α,β-unsaturated/α-hetero) is 1. The van der Waals surface area contributed by atoms with E-state index in [2.05, 4.69) is 4.98 Å². The second-order valence-electron chi connectivity index (χ2n) is 5.11. The lowest BCUT2D eigenvalue weighted by Crippen LogP contribution is -2.25. The molecule has 0 fully saturated rings. The quantitative estimate of drug-likeness (QED) is 0.414. The first-order chi connectivity index (χ1) is 11.0. The molecule has 0 aliphatic heterocycles. The van der Waals surface area contributed by atoms with Crippen molar-refractivity contribution in [3.8, 4) is 0 Å². The minimum absolute atomic E-state index is 0.0871. The molecule has 0 amide bonds. The van der Waals surface area contributed by atoms with Gasteiger partial charge in [-0.15, -0.1) is 0 Å². The zero-order valence-corrected chi connectivity index (χ0v) is 12.2.